The molecule has 1 saturated heterocycles. The van der Waals surface area contributed by atoms with E-state index in [2.05, 4.69) is 12.2 Å². The zero-order valence-corrected chi connectivity index (χ0v) is 7.26. The largest absolute Gasteiger partial charge is 0.336 e. The first-order valence-electron chi connectivity index (χ1n) is 4.29. The molecule has 1 rings (SSSR count). The predicted molar refractivity (Wildman–Crippen MR) is 44.5 cm³/mol. The van der Waals surface area contributed by atoms with Crippen LogP contribution in [-0.2, 0) is 0 Å². The van der Waals surface area contributed by atoms with Gasteiger partial charge in [-0.3, -0.25) is 0 Å². The monoisotopic (exact) mass is 156 g/mol. The third kappa shape index (κ3) is 2.10. The van der Waals surface area contributed by atoms with Crippen LogP contribution in [0.1, 0.15) is 26.7 Å². The third-order valence-electron chi connectivity index (χ3n) is 2.13. The number of hydrogen-bond donors (Lipinski definition) is 1. The summed E-state index contributed by atoms with van der Waals surface area (Å²) in [6.07, 6.45) is 2.16. The number of amides is 2. The van der Waals surface area contributed by atoms with Gasteiger partial charge in [-0.25, -0.2) is 4.79 Å². The lowest BCUT2D eigenvalue weighted by molar-refractivity contribution is 0.164. The molecule has 0 radical (unpaired) electrons. The van der Waals surface area contributed by atoms with Crippen LogP contribution in [-0.4, -0.2) is 30.1 Å². The van der Waals surface area contributed by atoms with Gasteiger partial charge in [0.05, 0.1) is 0 Å². The van der Waals surface area contributed by atoms with E-state index in [0.29, 0.717) is 6.04 Å². The molecule has 1 atom stereocenters. The molecule has 0 aromatic heterocycles. The molecule has 64 valence electrons. The lowest BCUT2D eigenvalue weighted by Gasteiger charge is -2.31. The van der Waals surface area contributed by atoms with Crippen molar-refractivity contribution in [3.05, 3.63) is 0 Å². The number of carbonyl (C=O) groups excluding carboxylic acids is 1. The van der Waals surface area contributed by atoms with Crippen LogP contribution in [0.25, 0.3) is 0 Å². The van der Waals surface area contributed by atoms with Crippen LogP contribution >= 0.6 is 0 Å². The first-order chi connectivity index (χ1) is 5.24. The number of urea groups is 1. The molecule has 0 saturated carbocycles. The number of likely N-dealkylation sites (tertiary alicyclic amines) is 1. The van der Waals surface area contributed by atoms with E-state index in [1.54, 1.807) is 0 Å². The van der Waals surface area contributed by atoms with E-state index in [-0.39, 0.29) is 6.03 Å². The Balaban J connectivity index is 2.19. The van der Waals surface area contributed by atoms with Gasteiger partial charge >= 0.3 is 6.03 Å². The second kappa shape index (κ2) is 3.60. The summed E-state index contributed by atoms with van der Waals surface area (Å²) in [4.78, 5) is 13.0. The molecule has 11 heavy (non-hydrogen) atoms. The quantitative estimate of drug-likeness (QED) is 0.640. The zero-order valence-electron chi connectivity index (χ0n) is 7.26. The lowest BCUT2D eigenvalue weighted by Crippen LogP contribution is -2.49. The van der Waals surface area contributed by atoms with Crippen molar-refractivity contribution in [2.45, 2.75) is 32.7 Å². The van der Waals surface area contributed by atoms with Crippen molar-refractivity contribution in [3.8, 4) is 0 Å². The molecule has 0 aromatic carbocycles. The molecule has 0 unspecified atom stereocenters. The third-order valence-corrected chi connectivity index (χ3v) is 2.13. The summed E-state index contributed by atoms with van der Waals surface area (Å²) in [5.41, 5.74) is 0. The SMILES string of the molecule is CC[C@H](C)NC(=O)N1CCC1. The van der Waals surface area contributed by atoms with E-state index in [1.807, 2.05) is 11.8 Å². The van der Waals surface area contributed by atoms with Crippen LogP contribution in [0.4, 0.5) is 4.79 Å². The Bertz CT molecular complexity index is 143. The molecule has 2 amide bonds. The Morgan fingerprint density at radius 1 is 1.64 bits per heavy atom. The summed E-state index contributed by atoms with van der Waals surface area (Å²) in [6.45, 7) is 5.96. The molecule has 1 N–H and O–H groups in total. The van der Waals surface area contributed by atoms with E-state index in [9.17, 15) is 4.79 Å². The average Bonchev–Trinajstić information content (AvgIpc) is 1.83. The second-order valence-electron chi connectivity index (χ2n) is 3.10. The van der Waals surface area contributed by atoms with Gasteiger partial charge in [-0.05, 0) is 19.8 Å². The minimum atomic E-state index is 0.102. The highest BCUT2D eigenvalue weighted by Crippen LogP contribution is 2.05. The van der Waals surface area contributed by atoms with E-state index in [4.69, 9.17) is 0 Å². The molecule has 1 heterocycles. The molecule has 1 aliphatic heterocycles. The highest BCUT2D eigenvalue weighted by atomic mass is 16.2. The summed E-state index contributed by atoms with van der Waals surface area (Å²) >= 11 is 0. The molecule has 1 aliphatic rings. The Morgan fingerprint density at radius 3 is 2.64 bits per heavy atom. The molecule has 0 spiro atoms. The van der Waals surface area contributed by atoms with Crippen molar-refractivity contribution < 1.29 is 4.79 Å². The Morgan fingerprint density at radius 2 is 2.27 bits per heavy atom. The highest BCUT2D eigenvalue weighted by Gasteiger charge is 2.20. The summed E-state index contributed by atoms with van der Waals surface area (Å²) in [6, 6.07) is 0.411. The van der Waals surface area contributed by atoms with Gasteiger partial charge < -0.3 is 10.2 Å². The molecule has 3 heteroatoms. The lowest BCUT2D eigenvalue weighted by atomic mass is 10.2. The normalized spacial score (nSPS) is 18.9. The van der Waals surface area contributed by atoms with Crippen molar-refractivity contribution in [2.24, 2.45) is 0 Å². The number of carbonyl (C=O) groups is 1. The Labute approximate surface area is 67.8 Å². The van der Waals surface area contributed by atoms with Crippen LogP contribution in [0, 0.1) is 0 Å². The van der Waals surface area contributed by atoms with Crippen molar-refractivity contribution in [1.82, 2.24) is 10.2 Å². The van der Waals surface area contributed by atoms with Gasteiger partial charge in [0.25, 0.3) is 0 Å². The summed E-state index contributed by atoms with van der Waals surface area (Å²) in [5, 5.41) is 2.92. The number of nitrogens with zero attached hydrogens (tertiary/aromatic N) is 1. The average molecular weight is 156 g/mol. The van der Waals surface area contributed by atoms with Crippen LogP contribution < -0.4 is 5.32 Å². The topological polar surface area (TPSA) is 32.3 Å². The predicted octanol–water partition coefficient (Wildman–Crippen LogP) is 1.20. The fourth-order valence-corrected chi connectivity index (χ4v) is 0.923. The minimum absolute atomic E-state index is 0.102. The molecular formula is C8H16N2O. The first-order valence-corrected chi connectivity index (χ1v) is 4.29. The van der Waals surface area contributed by atoms with Gasteiger partial charge in [0.1, 0.15) is 0 Å². The van der Waals surface area contributed by atoms with Crippen molar-refractivity contribution in [2.75, 3.05) is 13.1 Å². The summed E-state index contributed by atoms with van der Waals surface area (Å²) in [7, 11) is 0. The van der Waals surface area contributed by atoms with Crippen LogP contribution in [0.15, 0.2) is 0 Å². The molecule has 3 nitrogen and oxygen atoms in total. The maximum absolute atomic E-state index is 11.2. The van der Waals surface area contributed by atoms with Crippen molar-refractivity contribution >= 4 is 6.03 Å². The number of nitrogens with one attached hydrogen (secondary N) is 1. The molecule has 0 aromatic rings. The van der Waals surface area contributed by atoms with E-state index < -0.39 is 0 Å². The zero-order chi connectivity index (χ0) is 8.27. The van der Waals surface area contributed by atoms with Crippen LogP contribution in [0.2, 0.25) is 0 Å². The summed E-state index contributed by atoms with van der Waals surface area (Å²) < 4.78 is 0. The van der Waals surface area contributed by atoms with Gasteiger partial charge in [-0.15, -0.1) is 0 Å². The fraction of sp³-hybridized carbons (Fsp3) is 0.875. The van der Waals surface area contributed by atoms with Gasteiger partial charge in [-0.1, -0.05) is 6.92 Å². The Hall–Kier alpha value is -0.730. The first kappa shape index (κ1) is 8.37. The molecule has 1 fully saturated rings. The van der Waals surface area contributed by atoms with Crippen molar-refractivity contribution in [1.29, 1.82) is 0 Å². The molecule has 0 bridgehead atoms. The minimum Gasteiger partial charge on any atom is -0.336 e. The van der Waals surface area contributed by atoms with E-state index in [1.165, 1.54) is 0 Å². The fourth-order valence-electron chi connectivity index (χ4n) is 0.923. The van der Waals surface area contributed by atoms with Crippen molar-refractivity contribution in [3.63, 3.8) is 0 Å². The maximum Gasteiger partial charge on any atom is 0.317 e. The van der Waals surface area contributed by atoms with Gasteiger partial charge in [-0.2, -0.15) is 0 Å². The second-order valence-corrected chi connectivity index (χ2v) is 3.10. The van der Waals surface area contributed by atoms with Crippen LogP contribution in [0.5, 0.6) is 0 Å². The van der Waals surface area contributed by atoms with Gasteiger partial charge in [0, 0.05) is 19.1 Å². The number of hydrogen-bond acceptors (Lipinski definition) is 1. The van der Waals surface area contributed by atoms with E-state index in [0.717, 1.165) is 25.9 Å². The number of rotatable bonds is 2. The maximum atomic E-state index is 11.2. The van der Waals surface area contributed by atoms with Crippen LogP contribution in [0.3, 0.4) is 0 Å². The van der Waals surface area contributed by atoms with Gasteiger partial charge in [0.15, 0.2) is 0 Å². The molecule has 0 aliphatic carbocycles. The Kier molecular flexibility index (Phi) is 2.74. The summed E-state index contributed by atoms with van der Waals surface area (Å²) in [5.74, 6) is 0. The highest BCUT2D eigenvalue weighted by molar-refractivity contribution is 5.75. The van der Waals surface area contributed by atoms with Gasteiger partial charge in [0.2, 0.25) is 0 Å². The smallest absolute Gasteiger partial charge is 0.317 e. The van der Waals surface area contributed by atoms with E-state index >= 15 is 0 Å². The molecular weight excluding hydrogens is 140 g/mol. The standard InChI is InChI=1S/C8H16N2O/c1-3-7(2)9-8(11)10-5-4-6-10/h7H,3-6H2,1-2H3,(H,9,11)/t7-/m0/s1.